The van der Waals surface area contributed by atoms with E-state index >= 15 is 0 Å². The summed E-state index contributed by atoms with van der Waals surface area (Å²) in [5.41, 5.74) is 0. The van der Waals surface area contributed by atoms with Crippen LogP contribution in [-0.2, 0) is 9.47 Å². The molecule has 2 saturated heterocycles. The highest BCUT2D eigenvalue weighted by molar-refractivity contribution is 6.63. The summed E-state index contributed by atoms with van der Waals surface area (Å²) < 4.78 is 11.2. The van der Waals surface area contributed by atoms with Crippen molar-refractivity contribution in [1.82, 2.24) is 0 Å². The molecule has 0 spiro atoms. The third-order valence-electron chi connectivity index (χ3n) is 4.95. The first kappa shape index (κ1) is 14.4. The van der Waals surface area contributed by atoms with Gasteiger partial charge in [0.05, 0.1) is 0 Å². The van der Waals surface area contributed by atoms with Crippen LogP contribution < -0.4 is 0 Å². The minimum absolute atomic E-state index is 0.0428. The maximum Gasteiger partial charge on any atom is 0.157 e. The van der Waals surface area contributed by atoms with Gasteiger partial charge in [-0.25, -0.2) is 0 Å². The lowest BCUT2D eigenvalue weighted by Gasteiger charge is -2.27. The minimum atomic E-state index is 0.0428. The quantitative estimate of drug-likeness (QED) is 0.471. The van der Waals surface area contributed by atoms with E-state index in [-0.39, 0.29) is 6.29 Å². The van der Waals surface area contributed by atoms with Gasteiger partial charge in [-0.2, -0.15) is 0 Å². The molecule has 2 atom stereocenters. The first-order valence-corrected chi connectivity index (χ1v) is 8.08. The summed E-state index contributed by atoms with van der Waals surface area (Å²) in [6, 6.07) is 0. The zero-order valence-corrected chi connectivity index (χ0v) is 12.2. The average molecular weight is 252 g/mol. The third-order valence-corrected chi connectivity index (χ3v) is 4.95. The van der Waals surface area contributed by atoms with E-state index in [1.54, 1.807) is 0 Å². The lowest BCUT2D eigenvalue weighted by Crippen LogP contribution is -2.25. The summed E-state index contributed by atoms with van der Waals surface area (Å²) in [6.45, 7) is 6.65. The van der Waals surface area contributed by atoms with Crippen LogP contribution in [0.25, 0.3) is 0 Å². The number of rotatable bonds is 8. The Bertz CT molecular complexity index is 213. The Balaban J connectivity index is 1.67. The largest absolute Gasteiger partial charge is 0.353 e. The molecule has 0 aromatic heterocycles. The second-order valence-electron chi connectivity index (χ2n) is 5.96. The highest BCUT2D eigenvalue weighted by Gasteiger charge is 2.40. The van der Waals surface area contributed by atoms with Gasteiger partial charge < -0.3 is 9.47 Å². The van der Waals surface area contributed by atoms with Crippen molar-refractivity contribution in [2.75, 3.05) is 13.2 Å². The molecular weight excluding hydrogens is 223 g/mol. The van der Waals surface area contributed by atoms with Gasteiger partial charge in [0.15, 0.2) is 6.29 Å². The van der Waals surface area contributed by atoms with Crippen LogP contribution in [0.5, 0.6) is 0 Å². The lowest BCUT2D eigenvalue weighted by molar-refractivity contribution is -0.139. The number of hydrogen-bond donors (Lipinski definition) is 0. The highest BCUT2D eigenvalue weighted by Crippen LogP contribution is 2.50. The summed E-state index contributed by atoms with van der Waals surface area (Å²) in [5, 5.41) is 0. The molecule has 2 bridgehead atoms. The van der Waals surface area contributed by atoms with E-state index in [4.69, 9.17) is 9.47 Å². The molecule has 2 rings (SSSR count). The topological polar surface area (TPSA) is 18.5 Å². The van der Waals surface area contributed by atoms with E-state index in [1.807, 2.05) is 13.8 Å². The zero-order chi connectivity index (χ0) is 12.8. The Labute approximate surface area is 113 Å². The van der Waals surface area contributed by atoms with Crippen molar-refractivity contribution in [2.24, 2.45) is 0 Å². The summed E-state index contributed by atoms with van der Waals surface area (Å²) >= 11 is 0. The maximum atomic E-state index is 5.62. The van der Waals surface area contributed by atoms with E-state index in [2.05, 4.69) is 0 Å². The lowest BCUT2D eigenvalue weighted by atomic mass is 9.32. The molecular formula is C15H29BO2. The molecule has 0 aromatic rings. The average Bonchev–Trinajstić information content (AvgIpc) is 2.61. The molecule has 2 nitrogen and oxygen atoms in total. The van der Waals surface area contributed by atoms with E-state index in [0.717, 1.165) is 38.0 Å². The second-order valence-corrected chi connectivity index (χ2v) is 5.96. The first-order chi connectivity index (χ1) is 8.85. The molecule has 0 aromatic carbocycles. The van der Waals surface area contributed by atoms with Gasteiger partial charge >= 0.3 is 0 Å². The Hall–Kier alpha value is -0.0151. The van der Waals surface area contributed by atoms with Gasteiger partial charge in [-0.15, -0.1) is 0 Å². The van der Waals surface area contributed by atoms with Gasteiger partial charge in [0, 0.05) is 13.2 Å². The molecule has 104 valence electrons. The van der Waals surface area contributed by atoms with Crippen molar-refractivity contribution in [1.29, 1.82) is 0 Å². The summed E-state index contributed by atoms with van der Waals surface area (Å²) in [5.74, 6) is 2.11. The zero-order valence-electron chi connectivity index (χ0n) is 12.2. The Morgan fingerprint density at radius 1 is 1.00 bits per heavy atom. The number of fused-ring (bicyclic) bond motifs is 2. The number of hydrogen-bond acceptors (Lipinski definition) is 2. The summed E-state index contributed by atoms with van der Waals surface area (Å²) in [7, 11) is 0. The molecule has 0 radical (unpaired) electrons. The summed E-state index contributed by atoms with van der Waals surface area (Å²) in [4.78, 5) is 0. The molecule has 2 aliphatic heterocycles. The smallest absolute Gasteiger partial charge is 0.157 e. The van der Waals surface area contributed by atoms with Crippen LogP contribution in [-0.4, -0.2) is 26.2 Å². The van der Waals surface area contributed by atoms with Gasteiger partial charge in [-0.1, -0.05) is 56.5 Å². The molecule has 0 saturated carbocycles. The Morgan fingerprint density at radius 2 is 1.61 bits per heavy atom. The van der Waals surface area contributed by atoms with Crippen molar-refractivity contribution in [3.8, 4) is 0 Å². The monoisotopic (exact) mass is 252 g/mol. The van der Waals surface area contributed by atoms with Crippen molar-refractivity contribution in [3.05, 3.63) is 0 Å². The molecule has 2 aliphatic rings. The van der Waals surface area contributed by atoms with Gasteiger partial charge in [0.2, 0.25) is 0 Å². The standard InChI is InChI=1S/C15H29BO2/c1-3-17-15(18-4-2)9-6-12-16-13-7-5-8-14(16)11-10-13/h13-15H,3-12H2,1-2H3/t13-,14+. The maximum absolute atomic E-state index is 5.62. The first-order valence-electron chi connectivity index (χ1n) is 8.08. The Kier molecular flexibility index (Phi) is 6.03. The van der Waals surface area contributed by atoms with E-state index < -0.39 is 0 Å². The normalized spacial score (nSPS) is 27.2. The summed E-state index contributed by atoms with van der Waals surface area (Å²) in [6.07, 6.45) is 11.3. The van der Waals surface area contributed by atoms with Gasteiger partial charge in [-0.05, 0) is 20.3 Å². The molecule has 2 fully saturated rings. The predicted molar refractivity (Wildman–Crippen MR) is 77.4 cm³/mol. The fourth-order valence-corrected chi connectivity index (χ4v) is 4.18. The van der Waals surface area contributed by atoms with E-state index in [0.29, 0.717) is 0 Å². The van der Waals surface area contributed by atoms with Crippen LogP contribution in [0.1, 0.15) is 58.8 Å². The minimum Gasteiger partial charge on any atom is -0.353 e. The molecule has 18 heavy (non-hydrogen) atoms. The van der Waals surface area contributed by atoms with Gasteiger partial charge in [0.25, 0.3) is 0 Å². The molecule has 2 heterocycles. The van der Waals surface area contributed by atoms with Crippen LogP contribution in [0.4, 0.5) is 0 Å². The van der Waals surface area contributed by atoms with Crippen LogP contribution in [0.3, 0.4) is 0 Å². The SMILES string of the molecule is CCOC(CCCB1[C@@H]2CCC[C@H]1CC2)OCC. The highest BCUT2D eigenvalue weighted by atomic mass is 16.7. The molecule has 0 unspecified atom stereocenters. The van der Waals surface area contributed by atoms with Gasteiger partial charge in [-0.3, -0.25) is 0 Å². The van der Waals surface area contributed by atoms with Crippen molar-refractivity contribution in [3.63, 3.8) is 0 Å². The number of ether oxygens (including phenoxy) is 2. The van der Waals surface area contributed by atoms with Crippen LogP contribution in [0, 0.1) is 0 Å². The van der Waals surface area contributed by atoms with Crippen molar-refractivity contribution < 1.29 is 9.47 Å². The second kappa shape index (κ2) is 7.54. The van der Waals surface area contributed by atoms with Crippen molar-refractivity contribution >= 4 is 6.71 Å². The van der Waals surface area contributed by atoms with Crippen LogP contribution >= 0.6 is 0 Å². The molecule has 0 amide bonds. The predicted octanol–water partition coefficient (Wildman–Crippen LogP) is 4.38. The molecule has 3 heteroatoms. The third kappa shape index (κ3) is 3.74. The molecule has 0 aliphatic carbocycles. The fraction of sp³-hybridized carbons (Fsp3) is 1.00. The van der Waals surface area contributed by atoms with Crippen LogP contribution in [0.15, 0.2) is 0 Å². The van der Waals surface area contributed by atoms with Gasteiger partial charge in [0.1, 0.15) is 6.71 Å². The fourth-order valence-electron chi connectivity index (χ4n) is 4.18. The Morgan fingerprint density at radius 3 is 2.17 bits per heavy atom. The molecule has 0 N–H and O–H groups in total. The van der Waals surface area contributed by atoms with E-state index in [1.165, 1.54) is 44.8 Å². The van der Waals surface area contributed by atoms with Crippen molar-refractivity contribution in [2.45, 2.75) is 83.0 Å². The van der Waals surface area contributed by atoms with E-state index in [9.17, 15) is 0 Å². The van der Waals surface area contributed by atoms with Crippen LogP contribution in [0.2, 0.25) is 18.0 Å².